The number of halogens is 1. The topological polar surface area (TPSA) is 43.9 Å². The fraction of sp³-hybridized carbons (Fsp3) is 0.667. The van der Waals surface area contributed by atoms with Crippen molar-refractivity contribution in [3.63, 3.8) is 0 Å². The van der Waals surface area contributed by atoms with Crippen LogP contribution in [0.4, 0.5) is 0 Å². The second kappa shape index (κ2) is 10.1. The Morgan fingerprint density at radius 1 is 1.03 bits per heavy atom. The van der Waals surface area contributed by atoms with E-state index in [4.69, 9.17) is 11.6 Å². The summed E-state index contributed by atoms with van der Waals surface area (Å²) in [4.78, 5) is 31.2. The normalized spacial score (nSPS) is 22.4. The number of likely N-dealkylation sites (tertiary alicyclic amines) is 1. The number of rotatable bonds is 5. The quantitative estimate of drug-likeness (QED) is 0.698. The maximum Gasteiger partial charge on any atom is 0.223 e. The number of hydrogen-bond acceptors (Lipinski definition) is 3. The summed E-state index contributed by atoms with van der Waals surface area (Å²) in [6.45, 7) is 12.4. The highest BCUT2D eigenvalue weighted by Gasteiger charge is 2.35. The van der Waals surface area contributed by atoms with Gasteiger partial charge in [-0.3, -0.25) is 14.5 Å². The Morgan fingerprint density at radius 2 is 1.67 bits per heavy atom. The molecule has 2 heterocycles. The van der Waals surface area contributed by atoms with Gasteiger partial charge < -0.3 is 9.80 Å². The summed E-state index contributed by atoms with van der Waals surface area (Å²) in [5, 5.41) is 0.760. The zero-order chi connectivity index (χ0) is 21.8. The molecule has 2 aliphatic heterocycles. The second-order valence-electron chi connectivity index (χ2n) is 9.27. The first-order valence-corrected chi connectivity index (χ1v) is 11.7. The van der Waals surface area contributed by atoms with E-state index in [2.05, 4.69) is 42.7 Å². The largest absolute Gasteiger partial charge is 0.343 e. The number of carbonyl (C=O) groups excluding carboxylic acids is 2. The highest BCUT2D eigenvalue weighted by Crippen LogP contribution is 2.29. The molecule has 2 unspecified atom stereocenters. The molecule has 0 radical (unpaired) electrons. The van der Waals surface area contributed by atoms with Gasteiger partial charge in [-0.1, -0.05) is 37.6 Å². The van der Waals surface area contributed by atoms with Gasteiger partial charge in [0.1, 0.15) is 0 Å². The zero-order valence-electron chi connectivity index (χ0n) is 18.8. The van der Waals surface area contributed by atoms with Gasteiger partial charge in [-0.2, -0.15) is 0 Å². The van der Waals surface area contributed by atoms with Gasteiger partial charge in [0.25, 0.3) is 0 Å². The molecule has 2 saturated heterocycles. The smallest absolute Gasteiger partial charge is 0.223 e. The molecule has 5 nitrogen and oxygen atoms in total. The SMILES string of the molecule is CC(=O)N1CCC(CC(=O)N2CCN(C(C)c3ccc(Cl)cc3)CC2C(C)C)CC1. The van der Waals surface area contributed by atoms with Crippen molar-refractivity contribution in [3.8, 4) is 0 Å². The summed E-state index contributed by atoms with van der Waals surface area (Å²) in [7, 11) is 0. The minimum Gasteiger partial charge on any atom is -0.343 e. The summed E-state index contributed by atoms with van der Waals surface area (Å²) in [5.74, 6) is 1.24. The first-order chi connectivity index (χ1) is 14.3. The average Bonchev–Trinajstić information content (AvgIpc) is 2.73. The maximum atomic E-state index is 13.2. The summed E-state index contributed by atoms with van der Waals surface area (Å²) in [6, 6.07) is 8.63. The van der Waals surface area contributed by atoms with Crippen LogP contribution >= 0.6 is 11.6 Å². The molecular formula is C24H36ClN3O2. The van der Waals surface area contributed by atoms with Gasteiger partial charge in [-0.15, -0.1) is 0 Å². The van der Waals surface area contributed by atoms with Crippen LogP contribution in [0.3, 0.4) is 0 Å². The van der Waals surface area contributed by atoms with Crippen LogP contribution in [0.25, 0.3) is 0 Å². The Kier molecular flexibility index (Phi) is 7.81. The second-order valence-corrected chi connectivity index (χ2v) is 9.71. The average molecular weight is 434 g/mol. The number of piperazine rings is 1. The maximum absolute atomic E-state index is 13.2. The van der Waals surface area contributed by atoms with E-state index in [1.807, 2.05) is 17.0 Å². The van der Waals surface area contributed by atoms with Crippen molar-refractivity contribution < 1.29 is 9.59 Å². The molecular weight excluding hydrogens is 398 g/mol. The Labute approximate surface area is 186 Å². The molecule has 0 N–H and O–H groups in total. The van der Waals surface area contributed by atoms with E-state index < -0.39 is 0 Å². The molecule has 2 aliphatic rings. The van der Waals surface area contributed by atoms with Crippen molar-refractivity contribution in [1.29, 1.82) is 0 Å². The zero-order valence-corrected chi connectivity index (χ0v) is 19.6. The Balaban J connectivity index is 1.59. The summed E-state index contributed by atoms with van der Waals surface area (Å²) < 4.78 is 0. The third kappa shape index (κ3) is 5.55. The van der Waals surface area contributed by atoms with Crippen molar-refractivity contribution in [2.45, 2.75) is 59.0 Å². The molecule has 3 rings (SSSR count). The van der Waals surface area contributed by atoms with Gasteiger partial charge >= 0.3 is 0 Å². The van der Waals surface area contributed by atoms with Gasteiger partial charge in [0.2, 0.25) is 11.8 Å². The summed E-state index contributed by atoms with van der Waals surface area (Å²) >= 11 is 6.05. The minimum absolute atomic E-state index is 0.144. The van der Waals surface area contributed by atoms with Gasteiger partial charge in [-0.05, 0) is 49.3 Å². The molecule has 1 aromatic carbocycles. The third-order valence-electron chi connectivity index (χ3n) is 6.96. The van der Waals surface area contributed by atoms with Crippen molar-refractivity contribution in [2.75, 3.05) is 32.7 Å². The lowest BCUT2D eigenvalue weighted by Crippen LogP contribution is -2.57. The van der Waals surface area contributed by atoms with Gasteiger partial charge in [0.15, 0.2) is 0 Å². The predicted molar refractivity (Wildman–Crippen MR) is 121 cm³/mol. The molecule has 30 heavy (non-hydrogen) atoms. The van der Waals surface area contributed by atoms with Crippen LogP contribution in [0.5, 0.6) is 0 Å². The number of nitrogens with zero attached hydrogens (tertiary/aromatic N) is 3. The number of hydrogen-bond donors (Lipinski definition) is 0. The predicted octanol–water partition coefficient (Wildman–Crippen LogP) is 4.22. The lowest BCUT2D eigenvalue weighted by Gasteiger charge is -2.46. The fourth-order valence-electron chi connectivity index (χ4n) is 4.83. The number of piperidine rings is 1. The fourth-order valence-corrected chi connectivity index (χ4v) is 4.96. The Bertz CT molecular complexity index is 728. The van der Waals surface area contributed by atoms with E-state index in [1.165, 1.54) is 5.56 Å². The highest BCUT2D eigenvalue weighted by molar-refractivity contribution is 6.30. The van der Waals surface area contributed by atoms with Crippen LogP contribution in [0.1, 0.15) is 58.6 Å². The number of amides is 2. The first-order valence-electron chi connectivity index (χ1n) is 11.3. The van der Waals surface area contributed by atoms with Crippen LogP contribution in [0, 0.1) is 11.8 Å². The van der Waals surface area contributed by atoms with Crippen LogP contribution in [0.15, 0.2) is 24.3 Å². The van der Waals surface area contributed by atoms with Gasteiger partial charge in [-0.25, -0.2) is 0 Å². The molecule has 0 bridgehead atoms. The molecule has 2 atom stereocenters. The summed E-state index contributed by atoms with van der Waals surface area (Å²) in [6.07, 6.45) is 2.48. The van der Waals surface area contributed by atoms with Crippen molar-refractivity contribution >= 4 is 23.4 Å². The van der Waals surface area contributed by atoms with E-state index in [-0.39, 0.29) is 17.9 Å². The molecule has 0 aliphatic carbocycles. The van der Waals surface area contributed by atoms with E-state index in [0.717, 1.165) is 50.6 Å². The molecule has 2 fully saturated rings. The van der Waals surface area contributed by atoms with E-state index in [1.54, 1.807) is 6.92 Å². The highest BCUT2D eigenvalue weighted by atomic mass is 35.5. The molecule has 1 aromatic rings. The van der Waals surface area contributed by atoms with Crippen LogP contribution in [0.2, 0.25) is 5.02 Å². The Hall–Kier alpha value is -1.59. The van der Waals surface area contributed by atoms with Crippen LogP contribution < -0.4 is 0 Å². The van der Waals surface area contributed by atoms with E-state index in [0.29, 0.717) is 24.3 Å². The van der Waals surface area contributed by atoms with Gasteiger partial charge in [0.05, 0.1) is 0 Å². The first kappa shape index (κ1) is 23.1. The molecule has 6 heteroatoms. The van der Waals surface area contributed by atoms with E-state index in [9.17, 15) is 9.59 Å². The third-order valence-corrected chi connectivity index (χ3v) is 7.22. The van der Waals surface area contributed by atoms with Crippen LogP contribution in [-0.2, 0) is 9.59 Å². The monoisotopic (exact) mass is 433 g/mol. The standard InChI is InChI=1S/C24H36ClN3O2/c1-17(2)23-16-27(18(3)21-5-7-22(25)8-6-21)13-14-28(23)24(30)15-20-9-11-26(12-10-20)19(4)29/h5-8,17-18,20,23H,9-16H2,1-4H3. The van der Waals surface area contributed by atoms with Crippen molar-refractivity contribution in [2.24, 2.45) is 11.8 Å². The summed E-state index contributed by atoms with van der Waals surface area (Å²) in [5.41, 5.74) is 1.26. The number of benzene rings is 1. The molecule has 0 aromatic heterocycles. The lowest BCUT2D eigenvalue weighted by molar-refractivity contribution is -0.139. The Morgan fingerprint density at radius 3 is 2.23 bits per heavy atom. The van der Waals surface area contributed by atoms with Gasteiger partial charge in [0, 0.05) is 63.2 Å². The molecule has 0 saturated carbocycles. The molecule has 2 amide bonds. The lowest BCUT2D eigenvalue weighted by atomic mass is 9.91. The minimum atomic E-state index is 0.144. The molecule has 166 valence electrons. The number of carbonyl (C=O) groups is 2. The molecule has 0 spiro atoms. The van der Waals surface area contributed by atoms with Crippen molar-refractivity contribution in [1.82, 2.24) is 14.7 Å². The van der Waals surface area contributed by atoms with Crippen LogP contribution in [-0.4, -0.2) is 65.3 Å². The van der Waals surface area contributed by atoms with E-state index >= 15 is 0 Å². The van der Waals surface area contributed by atoms with Crippen molar-refractivity contribution in [3.05, 3.63) is 34.9 Å².